The zero-order valence-corrected chi connectivity index (χ0v) is 8.32. The number of aromatic nitrogens is 2. The molecule has 3 heteroatoms. The second kappa shape index (κ2) is 3.62. The van der Waals surface area contributed by atoms with Gasteiger partial charge in [-0.25, -0.2) is 0 Å². The molecule has 3 nitrogen and oxygen atoms in total. The lowest BCUT2D eigenvalue weighted by Crippen LogP contribution is -1.80. The molecule has 0 atom stereocenters. The van der Waals surface area contributed by atoms with E-state index in [-0.39, 0.29) is 0 Å². The van der Waals surface area contributed by atoms with Crippen LogP contribution in [0.15, 0.2) is 28.9 Å². The Balaban J connectivity index is 2.34. The van der Waals surface area contributed by atoms with Crippen molar-refractivity contribution in [1.29, 1.82) is 0 Å². The van der Waals surface area contributed by atoms with Gasteiger partial charge in [0.1, 0.15) is 0 Å². The summed E-state index contributed by atoms with van der Waals surface area (Å²) >= 11 is 0. The van der Waals surface area contributed by atoms with E-state index in [0.29, 0.717) is 0 Å². The Bertz CT molecular complexity index is 417. The maximum atomic E-state index is 5.19. The Morgan fingerprint density at radius 2 is 2.21 bits per heavy atom. The van der Waals surface area contributed by atoms with Crippen molar-refractivity contribution in [2.24, 2.45) is 0 Å². The van der Waals surface area contributed by atoms with Crippen LogP contribution in [0.4, 0.5) is 0 Å². The lowest BCUT2D eigenvalue weighted by molar-refractivity contribution is 0.424. The van der Waals surface area contributed by atoms with Crippen molar-refractivity contribution in [3.63, 3.8) is 0 Å². The standard InChI is InChI=1S/C11H12N2O/c1-3-10-6-11(14-13-10)9-5-4-8(2)12-7-9/h4-7H,3H2,1-2H3. The van der Waals surface area contributed by atoms with Gasteiger partial charge in [0.2, 0.25) is 0 Å². The minimum Gasteiger partial charge on any atom is -0.356 e. The number of pyridine rings is 1. The average Bonchev–Trinajstić information content (AvgIpc) is 2.67. The van der Waals surface area contributed by atoms with Crippen LogP contribution in [0.25, 0.3) is 11.3 Å². The van der Waals surface area contributed by atoms with Crippen molar-refractivity contribution in [1.82, 2.24) is 10.1 Å². The number of aryl methyl sites for hydroxylation is 2. The molecular weight excluding hydrogens is 176 g/mol. The summed E-state index contributed by atoms with van der Waals surface area (Å²) in [5, 5.41) is 3.93. The van der Waals surface area contributed by atoms with Crippen LogP contribution in [0.3, 0.4) is 0 Å². The minimum atomic E-state index is 0.786. The third-order valence-corrected chi connectivity index (χ3v) is 2.12. The van der Waals surface area contributed by atoms with Crippen molar-refractivity contribution in [3.05, 3.63) is 35.8 Å². The molecule has 14 heavy (non-hydrogen) atoms. The third-order valence-electron chi connectivity index (χ3n) is 2.12. The second-order valence-corrected chi connectivity index (χ2v) is 3.22. The van der Waals surface area contributed by atoms with Gasteiger partial charge in [0.25, 0.3) is 0 Å². The molecule has 2 aromatic rings. The summed E-state index contributed by atoms with van der Waals surface area (Å²) < 4.78 is 5.19. The maximum absolute atomic E-state index is 5.19. The van der Waals surface area contributed by atoms with Crippen molar-refractivity contribution in [2.75, 3.05) is 0 Å². The average molecular weight is 188 g/mol. The Hall–Kier alpha value is -1.64. The fourth-order valence-electron chi connectivity index (χ4n) is 1.23. The maximum Gasteiger partial charge on any atom is 0.168 e. The largest absolute Gasteiger partial charge is 0.356 e. The number of hydrogen-bond acceptors (Lipinski definition) is 3. The summed E-state index contributed by atoms with van der Waals surface area (Å²) in [5.74, 6) is 0.786. The van der Waals surface area contributed by atoms with Gasteiger partial charge in [-0.3, -0.25) is 4.98 Å². The molecule has 2 aromatic heterocycles. The molecule has 0 aliphatic rings. The van der Waals surface area contributed by atoms with Crippen molar-refractivity contribution >= 4 is 0 Å². The lowest BCUT2D eigenvalue weighted by atomic mass is 10.2. The van der Waals surface area contributed by atoms with E-state index in [9.17, 15) is 0 Å². The van der Waals surface area contributed by atoms with Crippen LogP contribution in [0.5, 0.6) is 0 Å². The Morgan fingerprint density at radius 1 is 1.36 bits per heavy atom. The Morgan fingerprint density at radius 3 is 2.79 bits per heavy atom. The van der Waals surface area contributed by atoms with Crippen molar-refractivity contribution < 1.29 is 4.52 Å². The van der Waals surface area contributed by atoms with Crippen LogP contribution in [0.1, 0.15) is 18.3 Å². The van der Waals surface area contributed by atoms with Crippen LogP contribution >= 0.6 is 0 Å². The SMILES string of the molecule is CCc1cc(-c2ccc(C)nc2)on1. The number of hydrogen-bond donors (Lipinski definition) is 0. The molecule has 0 amide bonds. The minimum absolute atomic E-state index is 0.786. The van der Waals surface area contributed by atoms with Gasteiger partial charge in [-0.2, -0.15) is 0 Å². The second-order valence-electron chi connectivity index (χ2n) is 3.22. The first kappa shape index (κ1) is 8.94. The van der Waals surface area contributed by atoms with Gasteiger partial charge in [-0.05, 0) is 25.5 Å². The van der Waals surface area contributed by atoms with Crippen LogP contribution in [0, 0.1) is 6.92 Å². The van der Waals surface area contributed by atoms with Gasteiger partial charge >= 0.3 is 0 Å². The van der Waals surface area contributed by atoms with Gasteiger partial charge in [0.05, 0.1) is 5.69 Å². The molecule has 0 fully saturated rings. The van der Waals surface area contributed by atoms with E-state index in [4.69, 9.17) is 4.52 Å². The molecule has 0 saturated carbocycles. The molecule has 2 rings (SSSR count). The highest BCUT2D eigenvalue weighted by Gasteiger charge is 2.04. The van der Waals surface area contributed by atoms with Crippen molar-refractivity contribution in [2.45, 2.75) is 20.3 Å². The fraction of sp³-hybridized carbons (Fsp3) is 0.273. The molecular formula is C11H12N2O. The molecule has 0 N–H and O–H groups in total. The fourth-order valence-corrected chi connectivity index (χ4v) is 1.23. The third kappa shape index (κ3) is 1.66. The van der Waals surface area contributed by atoms with Gasteiger partial charge in [0.15, 0.2) is 5.76 Å². The highest BCUT2D eigenvalue weighted by Crippen LogP contribution is 2.19. The normalized spacial score (nSPS) is 10.4. The highest BCUT2D eigenvalue weighted by atomic mass is 16.5. The summed E-state index contributed by atoms with van der Waals surface area (Å²) in [6.07, 6.45) is 2.69. The Labute approximate surface area is 82.8 Å². The van der Waals surface area contributed by atoms with E-state index in [0.717, 1.165) is 29.1 Å². The molecule has 0 bridgehead atoms. The van der Waals surface area contributed by atoms with E-state index in [1.54, 1.807) is 6.20 Å². The van der Waals surface area contributed by atoms with Crippen molar-refractivity contribution in [3.8, 4) is 11.3 Å². The van der Waals surface area contributed by atoms with Gasteiger partial charge in [-0.15, -0.1) is 0 Å². The van der Waals surface area contributed by atoms with Gasteiger partial charge < -0.3 is 4.52 Å². The molecule has 0 saturated heterocycles. The predicted octanol–water partition coefficient (Wildman–Crippen LogP) is 2.61. The predicted molar refractivity (Wildman–Crippen MR) is 53.8 cm³/mol. The van der Waals surface area contributed by atoms with E-state index in [2.05, 4.69) is 17.1 Å². The van der Waals surface area contributed by atoms with E-state index < -0.39 is 0 Å². The van der Waals surface area contributed by atoms with Crippen LogP contribution in [-0.2, 0) is 6.42 Å². The summed E-state index contributed by atoms with van der Waals surface area (Å²) in [7, 11) is 0. The molecule has 0 aliphatic carbocycles. The van der Waals surface area contributed by atoms with Gasteiger partial charge in [0, 0.05) is 23.5 Å². The summed E-state index contributed by atoms with van der Waals surface area (Å²) in [5.41, 5.74) is 2.95. The number of rotatable bonds is 2. The molecule has 0 unspecified atom stereocenters. The first-order chi connectivity index (χ1) is 6.79. The molecule has 2 heterocycles. The summed E-state index contributed by atoms with van der Waals surface area (Å²) in [4.78, 5) is 4.20. The van der Waals surface area contributed by atoms with E-state index >= 15 is 0 Å². The molecule has 0 aromatic carbocycles. The van der Waals surface area contributed by atoms with E-state index in [1.165, 1.54) is 0 Å². The van der Waals surface area contributed by atoms with Crippen LogP contribution < -0.4 is 0 Å². The lowest BCUT2D eigenvalue weighted by Gasteiger charge is -1.94. The summed E-state index contributed by atoms with van der Waals surface area (Å²) in [6, 6.07) is 5.90. The molecule has 0 spiro atoms. The van der Waals surface area contributed by atoms with E-state index in [1.807, 2.05) is 25.1 Å². The van der Waals surface area contributed by atoms with Crippen LogP contribution in [0.2, 0.25) is 0 Å². The smallest absolute Gasteiger partial charge is 0.168 e. The molecule has 0 aliphatic heterocycles. The van der Waals surface area contributed by atoms with Gasteiger partial charge in [-0.1, -0.05) is 12.1 Å². The topological polar surface area (TPSA) is 38.9 Å². The molecule has 72 valence electrons. The zero-order chi connectivity index (χ0) is 9.97. The first-order valence-electron chi connectivity index (χ1n) is 4.68. The Kier molecular flexibility index (Phi) is 2.31. The van der Waals surface area contributed by atoms with Crippen LogP contribution in [-0.4, -0.2) is 10.1 Å². The monoisotopic (exact) mass is 188 g/mol. The first-order valence-corrected chi connectivity index (χ1v) is 4.68. The molecule has 0 radical (unpaired) electrons. The number of nitrogens with zero attached hydrogens (tertiary/aromatic N) is 2. The quantitative estimate of drug-likeness (QED) is 0.727. The summed E-state index contributed by atoms with van der Waals surface area (Å²) in [6.45, 7) is 4.01. The highest BCUT2D eigenvalue weighted by molar-refractivity contribution is 5.55. The zero-order valence-electron chi connectivity index (χ0n) is 8.32.